The average molecular weight is 657 g/mol. The van der Waals surface area contributed by atoms with Gasteiger partial charge in [-0.15, -0.1) is 0 Å². The van der Waals surface area contributed by atoms with Gasteiger partial charge in [0.25, 0.3) is 0 Å². The number of hydrogen-bond donors (Lipinski definition) is 4. The molecule has 0 aliphatic carbocycles. The van der Waals surface area contributed by atoms with Crippen molar-refractivity contribution in [2.24, 2.45) is 11.8 Å². The van der Waals surface area contributed by atoms with E-state index in [1.54, 1.807) is 56.3 Å². The highest BCUT2D eigenvalue weighted by atomic mass is 35.5. The second-order valence-electron chi connectivity index (χ2n) is 11.7. The molecular formula is C34H42ClFN4O6. The van der Waals surface area contributed by atoms with Crippen LogP contribution in [-0.2, 0) is 36.8 Å². The first-order chi connectivity index (χ1) is 22.0. The number of carbonyl (C=O) groups excluding carboxylic acids is 5. The first kappa shape index (κ1) is 36.2. The molecule has 0 bridgehead atoms. The van der Waals surface area contributed by atoms with E-state index in [0.717, 1.165) is 0 Å². The van der Waals surface area contributed by atoms with Crippen molar-refractivity contribution in [3.8, 4) is 0 Å². The van der Waals surface area contributed by atoms with Crippen LogP contribution in [0.1, 0.15) is 50.7 Å². The van der Waals surface area contributed by atoms with Gasteiger partial charge >= 0.3 is 12.0 Å². The zero-order valence-corrected chi connectivity index (χ0v) is 27.1. The Hall–Kier alpha value is -4.25. The summed E-state index contributed by atoms with van der Waals surface area (Å²) < 4.78 is 18.7. The molecular weight excluding hydrogens is 615 g/mol. The van der Waals surface area contributed by atoms with Gasteiger partial charge in [0, 0.05) is 36.4 Å². The standard InChI is InChI=1S/C34H42ClFN4O6/c1-21(2)31(33(44)46-3)40-34(45)39-28(19-23-10-4-5-13-27(23)35)29(41)20-24-11-6-7-16-37-30(42)15-14-26(38-32(24)43)18-22-9-8-12-25(36)17-22/h4-5,8-10,12-15,17,21,24,26,28,31H,6-7,11,16,18-20H2,1-3H3,(H,37,42)(H,38,43)(H2,39,40,45)/b15-14+/t24-,26-,28+,31+/m1/s1. The van der Waals surface area contributed by atoms with Gasteiger partial charge in [-0.05, 0) is 54.5 Å². The molecule has 0 fully saturated rings. The van der Waals surface area contributed by atoms with Gasteiger partial charge in [0.2, 0.25) is 11.8 Å². The SMILES string of the molecule is COC(=O)[C@@H](NC(=O)N[C@@H](Cc1ccccc1Cl)C(=O)C[C@H]1CCCCNC(=O)/C=C/[C@H](Cc2cccc(F)c2)NC1=O)C(C)C. The number of carbonyl (C=O) groups is 5. The Bertz CT molecular complexity index is 1420. The third kappa shape index (κ3) is 11.6. The van der Waals surface area contributed by atoms with Crippen molar-refractivity contribution < 1.29 is 33.1 Å². The number of esters is 1. The Morgan fingerprint density at radius 2 is 1.83 bits per heavy atom. The molecule has 1 heterocycles. The third-order valence-electron chi connectivity index (χ3n) is 7.73. The van der Waals surface area contributed by atoms with Crippen molar-refractivity contribution in [1.82, 2.24) is 21.3 Å². The fourth-order valence-electron chi connectivity index (χ4n) is 5.18. The molecule has 1 aliphatic heterocycles. The smallest absolute Gasteiger partial charge is 0.328 e. The van der Waals surface area contributed by atoms with E-state index in [4.69, 9.17) is 16.3 Å². The molecule has 1 aliphatic rings. The molecule has 0 aromatic heterocycles. The van der Waals surface area contributed by atoms with Crippen molar-refractivity contribution in [2.75, 3.05) is 13.7 Å². The van der Waals surface area contributed by atoms with Crippen LogP contribution in [0.15, 0.2) is 60.7 Å². The van der Waals surface area contributed by atoms with Crippen LogP contribution in [0, 0.1) is 17.7 Å². The van der Waals surface area contributed by atoms with Crippen LogP contribution in [0.25, 0.3) is 0 Å². The molecule has 2 aromatic carbocycles. The van der Waals surface area contributed by atoms with Crippen LogP contribution in [0.3, 0.4) is 0 Å². The number of methoxy groups -OCH3 is 1. The Balaban J connectivity index is 1.83. The van der Waals surface area contributed by atoms with E-state index < -0.39 is 53.6 Å². The van der Waals surface area contributed by atoms with Gasteiger partial charge in [-0.3, -0.25) is 14.4 Å². The van der Waals surface area contributed by atoms with Gasteiger partial charge in [0.1, 0.15) is 11.9 Å². The predicted octanol–water partition coefficient (Wildman–Crippen LogP) is 4.05. The first-order valence-electron chi connectivity index (χ1n) is 15.4. The molecule has 3 rings (SSSR count). The number of hydrogen-bond acceptors (Lipinski definition) is 6. The summed E-state index contributed by atoms with van der Waals surface area (Å²) in [4.78, 5) is 65.1. The normalized spacial score (nSPS) is 19.3. The first-order valence-corrected chi connectivity index (χ1v) is 15.8. The lowest BCUT2D eigenvalue weighted by Gasteiger charge is -2.25. The maximum Gasteiger partial charge on any atom is 0.328 e. The number of halogens is 2. The summed E-state index contributed by atoms with van der Waals surface area (Å²) in [5.41, 5.74) is 1.24. The predicted molar refractivity (Wildman–Crippen MR) is 172 cm³/mol. The summed E-state index contributed by atoms with van der Waals surface area (Å²) >= 11 is 6.39. The lowest BCUT2D eigenvalue weighted by Crippen LogP contribution is -2.53. The number of urea groups is 1. The van der Waals surface area contributed by atoms with Crippen molar-refractivity contribution in [1.29, 1.82) is 0 Å². The van der Waals surface area contributed by atoms with Crippen LogP contribution in [0.5, 0.6) is 0 Å². The summed E-state index contributed by atoms with van der Waals surface area (Å²) in [6, 6.07) is 9.50. The highest BCUT2D eigenvalue weighted by Crippen LogP contribution is 2.21. The van der Waals surface area contributed by atoms with Crippen molar-refractivity contribution >= 4 is 41.2 Å². The van der Waals surface area contributed by atoms with Gasteiger partial charge in [0.15, 0.2) is 5.78 Å². The minimum Gasteiger partial charge on any atom is -0.467 e. The van der Waals surface area contributed by atoms with Crippen molar-refractivity contribution in [3.63, 3.8) is 0 Å². The van der Waals surface area contributed by atoms with E-state index in [-0.39, 0.29) is 31.1 Å². The van der Waals surface area contributed by atoms with Crippen LogP contribution < -0.4 is 21.3 Å². The molecule has 0 saturated carbocycles. The second kappa shape index (κ2) is 18.0. The van der Waals surface area contributed by atoms with E-state index in [2.05, 4.69) is 21.3 Å². The van der Waals surface area contributed by atoms with Gasteiger partial charge in [0.05, 0.1) is 19.2 Å². The topological polar surface area (TPSA) is 143 Å². The minimum atomic E-state index is -1.07. The van der Waals surface area contributed by atoms with E-state index in [9.17, 15) is 28.4 Å². The summed E-state index contributed by atoms with van der Waals surface area (Å²) in [7, 11) is 1.22. The number of ether oxygens (including phenoxy) is 1. The lowest BCUT2D eigenvalue weighted by atomic mass is 9.90. The molecule has 0 saturated heterocycles. The van der Waals surface area contributed by atoms with E-state index in [0.29, 0.717) is 42.0 Å². The second-order valence-corrected chi connectivity index (χ2v) is 12.1. The van der Waals surface area contributed by atoms with E-state index in [1.165, 1.54) is 25.3 Å². The molecule has 4 amide bonds. The number of nitrogens with one attached hydrogen (secondary N) is 4. The molecule has 0 unspecified atom stereocenters. The number of Topliss-reactive ketones (excluding diaryl/α,β-unsaturated/α-hetero) is 1. The molecule has 4 N–H and O–H groups in total. The number of rotatable bonds is 11. The molecule has 12 heteroatoms. The largest absolute Gasteiger partial charge is 0.467 e. The molecule has 10 nitrogen and oxygen atoms in total. The maximum absolute atomic E-state index is 13.9. The fourth-order valence-corrected chi connectivity index (χ4v) is 5.39. The summed E-state index contributed by atoms with van der Waals surface area (Å²) in [5, 5.41) is 11.4. The minimum absolute atomic E-state index is 0.0573. The zero-order chi connectivity index (χ0) is 33.6. The highest BCUT2D eigenvalue weighted by Gasteiger charge is 2.31. The van der Waals surface area contributed by atoms with Crippen molar-refractivity contribution in [2.45, 2.75) is 70.5 Å². The third-order valence-corrected chi connectivity index (χ3v) is 8.10. The number of amides is 4. The maximum atomic E-state index is 13.9. The Morgan fingerprint density at radius 1 is 1.07 bits per heavy atom. The number of benzene rings is 2. The Kier molecular flexibility index (Phi) is 14.2. The zero-order valence-electron chi connectivity index (χ0n) is 26.3. The van der Waals surface area contributed by atoms with Gasteiger partial charge in [-0.25, -0.2) is 14.0 Å². The average Bonchev–Trinajstić information content (AvgIpc) is 3.01. The molecule has 46 heavy (non-hydrogen) atoms. The monoisotopic (exact) mass is 656 g/mol. The van der Waals surface area contributed by atoms with Crippen LogP contribution in [0.2, 0.25) is 5.02 Å². The summed E-state index contributed by atoms with van der Waals surface area (Å²) in [6.07, 6.45) is 4.50. The molecule has 0 radical (unpaired) electrons. The summed E-state index contributed by atoms with van der Waals surface area (Å²) in [6.45, 7) is 3.89. The Morgan fingerprint density at radius 3 is 2.52 bits per heavy atom. The quantitative estimate of drug-likeness (QED) is 0.269. The fraction of sp³-hybridized carbons (Fsp3) is 0.441. The lowest BCUT2D eigenvalue weighted by molar-refractivity contribution is -0.144. The van der Waals surface area contributed by atoms with Gasteiger partial charge in [-0.1, -0.05) is 68.3 Å². The van der Waals surface area contributed by atoms with Crippen molar-refractivity contribution in [3.05, 3.63) is 82.6 Å². The van der Waals surface area contributed by atoms with E-state index >= 15 is 0 Å². The molecule has 4 atom stereocenters. The van der Waals surface area contributed by atoms with Crippen LogP contribution in [0.4, 0.5) is 9.18 Å². The highest BCUT2D eigenvalue weighted by molar-refractivity contribution is 6.31. The number of ketones is 1. The van der Waals surface area contributed by atoms with Crippen LogP contribution >= 0.6 is 11.6 Å². The van der Waals surface area contributed by atoms with Crippen LogP contribution in [-0.4, -0.2) is 61.4 Å². The molecule has 248 valence electrons. The summed E-state index contributed by atoms with van der Waals surface area (Å²) in [5.74, 6) is -3.17. The molecule has 0 spiro atoms. The van der Waals surface area contributed by atoms with Gasteiger partial charge < -0.3 is 26.0 Å². The van der Waals surface area contributed by atoms with E-state index in [1.807, 2.05) is 0 Å². The molecule has 2 aromatic rings. The Labute approximate surface area is 273 Å². The van der Waals surface area contributed by atoms with Gasteiger partial charge in [-0.2, -0.15) is 0 Å².